The standard InChI is InChI=1S/C18H20ClN3O2/c1-23-18-5-3-14(11-16(18)19)17-6-4-15(24-17)12-20-7-2-9-22-10-8-21-13-22/h3-6,8,10-11,13,20H,2,7,9,12H2,1H3. The molecular weight excluding hydrogens is 326 g/mol. The number of aromatic nitrogens is 2. The second-order valence-corrected chi connectivity index (χ2v) is 5.85. The molecule has 6 heteroatoms. The van der Waals surface area contributed by atoms with Crippen molar-refractivity contribution in [3.63, 3.8) is 0 Å². The molecule has 126 valence electrons. The molecule has 3 aromatic rings. The monoisotopic (exact) mass is 345 g/mol. The first-order chi connectivity index (χ1) is 11.8. The summed E-state index contributed by atoms with van der Waals surface area (Å²) in [7, 11) is 1.60. The number of imidazole rings is 1. The van der Waals surface area contributed by atoms with Crippen molar-refractivity contribution in [2.75, 3.05) is 13.7 Å². The molecule has 0 atom stereocenters. The van der Waals surface area contributed by atoms with E-state index in [2.05, 4.69) is 14.9 Å². The summed E-state index contributed by atoms with van der Waals surface area (Å²) in [6.07, 6.45) is 6.64. The van der Waals surface area contributed by atoms with Gasteiger partial charge in [-0.15, -0.1) is 0 Å². The molecule has 0 amide bonds. The molecule has 1 N–H and O–H groups in total. The van der Waals surface area contributed by atoms with Gasteiger partial charge in [-0.25, -0.2) is 4.98 Å². The third-order valence-corrected chi connectivity index (χ3v) is 4.02. The molecular formula is C18H20ClN3O2. The fourth-order valence-electron chi connectivity index (χ4n) is 2.46. The van der Waals surface area contributed by atoms with Crippen molar-refractivity contribution in [3.8, 4) is 17.1 Å². The lowest BCUT2D eigenvalue weighted by Gasteiger charge is -2.05. The Morgan fingerprint density at radius 1 is 1.29 bits per heavy atom. The van der Waals surface area contributed by atoms with E-state index in [9.17, 15) is 0 Å². The summed E-state index contributed by atoms with van der Waals surface area (Å²) in [4.78, 5) is 4.03. The Morgan fingerprint density at radius 2 is 2.21 bits per heavy atom. The van der Waals surface area contributed by atoms with Crippen LogP contribution in [0.2, 0.25) is 5.02 Å². The quantitative estimate of drug-likeness (QED) is 0.627. The van der Waals surface area contributed by atoms with E-state index in [1.165, 1.54) is 0 Å². The number of ether oxygens (including phenoxy) is 1. The van der Waals surface area contributed by atoms with E-state index in [0.29, 0.717) is 17.3 Å². The number of nitrogens with one attached hydrogen (secondary N) is 1. The average Bonchev–Trinajstić information content (AvgIpc) is 3.26. The van der Waals surface area contributed by atoms with Gasteiger partial charge >= 0.3 is 0 Å². The van der Waals surface area contributed by atoms with Crippen LogP contribution in [0.3, 0.4) is 0 Å². The van der Waals surface area contributed by atoms with Crippen molar-refractivity contribution in [3.05, 3.63) is 59.8 Å². The summed E-state index contributed by atoms with van der Waals surface area (Å²) in [5, 5.41) is 3.96. The Labute approximate surface area is 146 Å². The number of methoxy groups -OCH3 is 1. The van der Waals surface area contributed by atoms with E-state index in [1.807, 2.05) is 42.9 Å². The van der Waals surface area contributed by atoms with Crippen molar-refractivity contribution in [2.24, 2.45) is 0 Å². The zero-order valence-electron chi connectivity index (χ0n) is 13.5. The molecule has 3 rings (SSSR count). The number of hydrogen-bond donors (Lipinski definition) is 1. The third-order valence-electron chi connectivity index (χ3n) is 3.73. The van der Waals surface area contributed by atoms with E-state index in [4.69, 9.17) is 20.8 Å². The van der Waals surface area contributed by atoms with Gasteiger partial charge in [-0.05, 0) is 43.3 Å². The predicted octanol–water partition coefficient (Wildman–Crippen LogP) is 3.99. The molecule has 0 aliphatic heterocycles. The van der Waals surface area contributed by atoms with Crippen LogP contribution in [0.1, 0.15) is 12.2 Å². The lowest BCUT2D eigenvalue weighted by Crippen LogP contribution is -2.15. The second-order valence-electron chi connectivity index (χ2n) is 5.45. The zero-order chi connectivity index (χ0) is 16.8. The van der Waals surface area contributed by atoms with Gasteiger partial charge in [0.15, 0.2) is 0 Å². The fourth-order valence-corrected chi connectivity index (χ4v) is 2.72. The van der Waals surface area contributed by atoms with E-state index >= 15 is 0 Å². The second kappa shape index (κ2) is 8.04. The topological polar surface area (TPSA) is 52.2 Å². The van der Waals surface area contributed by atoms with E-state index in [-0.39, 0.29) is 0 Å². The van der Waals surface area contributed by atoms with Gasteiger partial charge in [0.25, 0.3) is 0 Å². The van der Waals surface area contributed by atoms with Crippen LogP contribution in [0.5, 0.6) is 5.75 Å². The number of nitrogens with zero attached hydrogens (tertiary/aromatic N) is 2. The van der Waals surface area contributed by atoms with Crippen LogP contribution >= 0.6 is 11.6 Å². The first-order valence-electron chi connectivity index (χ1n) is 7.85. The first-order valence-corrected chi connectivity index (χ1v) is 8.23. The number of furan rings is 1. The highest BCUT2D eigenvalue weighted by molar-refractivity contribution is 6.32. The minimum absolute atomic E-state index is 0.575. The smallest absolute Gasteiger partial charge is 0.137 e. The molecule has 2 heterocycles. The number of halogens is 1. The Hall–Kier alpha value is -2.24. The molecule has 0 aliphatic carbocycles. The average molecular weight is 346 g/mol. The minimum Gasteiger partial charge on any atom is -0.495 e. The number of aryl methyl sites for hydroxylation is 1. The molecule has 2 aromatic heterocycles. The van der Waals surface area contributed by atoms with Gasteiger partial charge in [-0.1, -0.05) is 11.6 Å². The van der Waals surface area contributed by atoms with Crippen LogP contribution in [-0.2, 0) is 13.1 Å². The van der Waals surface area contributed by atoms with E-state index in [0.717, 1.165) is 36.6 Å². The summed E-state index contributed by atoms with van der Waals surface area (Å²) < 4.78 is 13.1. The summed E-state index contributed by atoms with van der Waals surface area (Å²) in [6.45, 7) is 2.58. The normalized spacial score (nSPS) is 10.9. The Balaban J connectivity index is 1.49. The molecule has 5 nitrogen and oxygen atoms in total. The maximum atomic E-state index is 6.16. The predicted molar refractivity (Wildman–Crippen MR) is 94.3 cm³/mol. The van der Waals surface area contributed by atoms with Crippen LogP contribution in [0.4, 0.5) is 0 Å². The van der Waals surface area contributed by atoms with Gasteiger partial charge in [0.1, 0.15) is 17.3 Å². The minimum atomic E-state index is 0.575. The van der Waals surface area contributed by atoms with Gasteiger partial charge in [0, 0.05) is 24.5 Å². The summed E-state index contributed by atoms with van der Waals surface area (Å²) >= 11 is 6.16. The summed E-state index contributed by atoms with van der Waals surface area (Å²) in [5.41, 5.74) is 0.937. The molecule has 0 unspecified atom stereocenters. The van der Waals surface area contributed by atoms with Crippen LogP contribution in [0.25, 0.3) is 11.3 Å². The Kier molecular flexibility index (Phi) is 5.56. The van der Waals surface area contributed by atoms with Crippen molar-refractivity contribution >= 4 is 11.6 Å². The Morgan fingerprint density at radius 3 is 2.96 bits per heavy atom. The molecule has 0 saturated carbocycles. The highest BCUT2D eigenvalue weighted by Crippen LogP contribution is 2.31. The van der Waals surface area contributed by atoms with Crippen LogP contribution < -0.4 is 10.1 Å². The number of hydrogen-bond acceptors (Lipinski definition) is 4. The van der Waals surface area contributed by atoms with Crippen molar-refractivity contribution in [1.82, 2.24) is 14.9 Å². The van der Waals surface area contributed by atoms with Gasteiger partial charge in [0.05, 0.1) is 25.0 Å². The highest BCUT2D eigenvalue weighted by atomic mass is 35.5. The molecule has 24 heavy (non-hydrogen) atoms. The van der Waals surface area contributed by atoms with Crippen molar-refractivity contribution in [1.29, 1.82) is 0 Å². The summed E-state index contributed by atoms with van der Waals surface area (Å²) in [6, 6.07) is 9.57. The van der Waals surface area contributed by atoms with Crippen molar-refractivity contribution < 1.29 is 9.15 Å². The lowest BCUT2D eigenvalue weighted by molar-refractivity contribution is 0.415. The zero-order valence-corrected chi connectivity index (χ0v) is 14.3. The molecule has 0 saturated heterocycles. The molecule has 0 radical (unpaired) electrons. The largest absolute Gasteiger partial charge is 0.495 e. The number of rotatable bonds is 8. The molecule has 0 spiro atoms. The maximum absolute atomic E-state index is 6.16. The van der Waals surface area contributed by atoms with E-state index < -0.39 is 0 Å². The summed E-state index contributed by atoms with van der Waals surface area (Å²) in [5.74, 6) is 2.36. The third kappa shape index (κ3) is 4.19. The molecule has 0 fully saturated rings. The molecule has 0 bridgehead atoms. The SMILES string of the molecule is COc1ccc(-c2ccc(CNCCCn3ccnc3)o2)cc1Cl. The highest BCUT2D eigenvalue weighted by Gasteiger charge is 2.08. The molecule has 0 aliphatic rings. The van der Waals surface area contributed by atoms with Crippen LogP contribution in [0, 0.1) is 0 Å². The van der Waals surface area contributed by atoms with Gasteiger partial charge in [0.2, 0.25) is 0 Å². The first kappa shape index (κ1) is 16.6. The van der Waals surface area contributed by atoms with E-state index in [1.54, 1.807) is 13.3 Å². The van der Waals surface area contributed by atoms with Crippen molar-refractivity contribution in [2.45, 2.75) is 19.5 Å². The Bertz CT molecular complexity index is 768. The molecule has 1 aromatic carbocycles. The maximum Gasteiger partial charge on any atom is 0.137 e. The van der Waals surface area contributed by atoms with Gasteiger partial charge < -0.3 is 19.0 Å². The lowest BCUT2D eigenvalue weighted by atomic mass is 10.2. The number of benzene rings is 1. The van der Waals surface area contributed by atoms with Crippen LogP contribution in [0.15, 0.2) is 53.5 Å². The fraction of sp³-hybridized carbons (Fsp3) is 0.278. The van der Waals surface area contributed by atoms with Gasteiger partial charge in [-0.2, -0.15) is 0 Å². The van der Waals surface area contributed by atoms with Crippen LogP contribution in [-0.4, -0.2) is 23.2 Å². The van der Waals surface area contributed by atoms with Gasteiger partial charge in [-0.3, -0.25) is 0 Å².